The van der Waals surface area contributed by atoms with E-state index in [1.54, 1.807) is 11.3 Å². The molecule has 1 aliphatic carbocycles. The molecule has 0 amide bonds. The molecule has 2 N–H and O–H groups in total. The van der Waals surface area contributed by atoms with Gasteiger partial charge in [-0.25, -0.2) is 4.98 Å². The predicted octanol–water partition coefficient (Wildman–Crippen LogP) is 3.05. The van der Waals surface area contributed by atoms with Crippen LogP contribution in [0.5, 0.6) is 0 Å². The molecule has 2 fully saturated rings. The number of nitrogens with zero attached hydrogens (tertiary/aromatic N) is 2. The van der Waals surface area contributed by atoms with Gasteiger partial charge in [0.1, 0.15) is 5.01 Å². The van der Waals surface area contributed by atoms with E-state index in [1.807, 2.05) is 7.05 Å². The standard InChI is InChI=1S/C18H30N4OS/c1-10(2)14-11(3)24-13(21-14)9-20-17(19-6)22-15-12-7-8-23-16(12)18(15,4)5/h10,12,15-16H,7-9H2,1-6H3,(H2,19,20,22). The van der Waals surface area contributed by atoms with Gasteiger partial charge in [0.15, 0.2) is 5.96 Å². The van der Waals surface area contributed by atoms with Crippen molar-refractivity contribution in [2.45, 2.75) is 65.6 Å². The highest BCUT2D eigenvalue weighted by atomic mass is 32.1. The Labute approximate surface area is 149 Å². The van der Waals surface area contributed by atoms with E-state index in [2.05, 4.69) is 50.2 Å². The lowest BCUT2D eigenvalue weighted by atomic mass is 9.57. The summed E-state index contributed by atoms with van der Waals surface area (Å²) in [7, 11) is 1.83. The molecule has 0 radical (unpaired) electrons. The summed E-state index contributed by atoms with van der Waals surface area (Å²) in [5.41, 5.74) is 1.37. The van der Waals surface area contributed by atoms with Crippen molar-refractivity contribution in [1.29, 1.82) is 0 Å². The van der Waals surface area contributed by atoms with Crippen molar-refractivity contribution >= 4 is 17.3 Å². The van der Waals surface area contributed by atoms with Gasteiger partial charge >= 0.3 is 0 Å². The Morgan fingerprint density at radius 1 is 1.46 bits per heavy atom. The molecular weight excluding hydrogens is 320 g/mol. The maximum Gasteiger partial charge on any atom is 0.191 e. The van der Waals surface area contributed by atoms with Crippen LogP contribution in [0, 0.1) is 18.3 Å². The molecule has 1 aliphatic heterocycles. The fraction of sp³-hybridized carbons (Fsp3) is 0.778. The highest BCUT2D eigenvalue weighted by Crippen LogP contribution is 2.52. The summed E-state index contributed by atoms with van der Waals surface area (Å²) in [6.07, 6.45) is 1.54. The van der Waals surface area contributed by atoms with Gasteiger partial charge in [-0.05, 0) is 19.3 Å². The summed E-state index contributed by atoms with van der Waals surface area (Å²) in [5, 5.41) is 8.16. The average molecular weight is 351 g/mol. The Balaban J connectivity index is 1.59. The summed E-state index contributed by atoms with van der Waals surface area (Å²) in [6.45, 7) is 12.7. The van der Waals surface area contributed by atoms with Crippen LogP contribution in [0.2, 0.25) is 0 Å². The first-order valence-electron chi connectivity index (χ1n) is 8.89. The Hall–Kier alpha value is -1.14. The maximum absolute atomic E-state index is 5.87. The molecular formula is C18H30N4OS. The van der Waals surface area contributed by atoms with Crippen molar-refractivity contribution in [2.75, 3.05) is 13.7 Å². The van der Waals surface area contributed by atoms with Crippen LogP contribution in [0.3, 0.4) is 0 Å². The number of fused-ring (bicyclic) bond motifs is 1. The Kier molecular flexibility index (Phi) is 4.89. The normalized spacial score (nSPS) is 28.6. The van der Waals surface area contributed by atoms with Gasteiger partial charge in [-0.3, -0.25) is 4.99 Å². The summed E-state index contributed by atoms with van der Waals surface area (Å²) in [6, 6.07) is 0.417. The molecule has 24 heavy (non-hydrogen) atoms. The summed E-state index contributed by atoms with van der Waals surface area (Å²) >= 11 is 1.77. The van der Waals surface area contributed by atoms with Crippen molar-refractivity contribution < 1.29 is 4.74 Å². The van der Waals surface area contributed by atoms with E-state index >= 15 is 0 Å². The van der Waals surface area contributed by atoms with E-state index in [9.17, 15) is 0 Å². The van der Waals surface area contributed by atoms with Crippen LogP contribution in [0.25, 0.3) is 0 Å². The van der Waals surface area contributed by atoms with Gasteiger partial charge in [0.05, 0.1) is 18.3 Å². The predicted molar refractivity (Wildman–Crippen MR) is 99.7 cm³/mol. The molecule has 5 nitrogen and oxygen atoms in total. The molecule has 1 saturated heterocycles. The number of ether oxygens (including phenoxy) is 1. The fourth-order valence-electron chi connectivity index (χ4n) is 4.19. The van der Waals surface area contributed by atoms with Gasteiger partial charge in [-0.15, -0.1) is 11.3 Å². The van der Waals surface area contributed by atoms with E-state index in [4.69, 9.17) is 9.72 Å². The maximum atomic E-state index is 5.87. The zero-order valence-electron chi connectivity index (χ0n) is 15.6. The number of hydrogen-bond donors (Lipinski definition) is 2. The van der Waals surface area contributed by atoms with Gasteiger partial charge in [-0.1, -0.05) is 27.7 Å². The summed E-state index contributed by atoms with van der Waals surface area (Å²) in [5.74, 6) is 1.94. The van der Waals surface area contributed by atoms with Gasteiger partial charge < -0.3 is 15.4 Å². The molecule has 0 bridgehead atoms. The molecule has 3 unspecified atom stereocenters. The summed E-state index contributed by atoms with van der Waals surface area (Å²) in [4.78, 5) is 10.5. The third-order valence-corrected chi connectivity index (χ3v) is 6.43. The van der Waals surface area contributed by atoms with Crippen molar-refractivity contribution in [2.24, 2.45) is 16.3 Å². The van der Waals surface area contributed by atoms with Crippen molar-refractivity contribution in [3.05, 3.63) is 15.6 Å². The Morgan fingerprint density at radius 2 is 2.21 bits per heavy atom. The molecule has 1 aromatic heterocycles. The number of aromatic nitrogens is 1. The second-order valence-electron chi connectivity index (χ2n) is 7.82. The SMILES string of the molecule is CN=C(NCc1nc(C(C)C)c(C)s1)NC1C2CCOC2C1(C)C. The minimum atomic E-state index is 0.154. The van der Waals surface area contributed by atoms with E-state index < -0.39 is 0 Å². The largest absolute Gasteiger partial charge is 0.377 e. The summed E-state index contributed by atoms with van der Waals surface area (Å²) < 4.78 is 5.87. The second-order valence-corrected chi connectivity index (χ2v) is 9.10. The quantitative estimate of drug-likeness (QED) is 0.647. The van der Waals surface area contributed by atoms with Crippen LogP contribution in [0.1, 0.15) is 55.6 Å². The highest BCUT2D eigenvalue weighted by molar-refractivity contribution is 7.11. The molecule has 3 atom stereocenters. The van der Waals surface area contributed by atoms with Gasteiger partial charge in [0.25, 0.3) is 0 Å². The van der Waals surface area contributed by atoms with Crippen molar-refractivity contribution in [3.8, 4) is 0 Å². The smallest absolute Gasteiger partial charge is 0.191 e. The minimum Gasteiger partial charge on any atom is -0.377 e. The first-order valence-corrected chi connectivity index (χ1v) is 9.71. The van der Waals surface area contributed by atoms with E-state index in [-0.39, 0.29) is 5.41 Å². The monoisotopic (exact) mass is 350 g/mol. The second kappa shape index (κ2) is 6.64. The third-order valence-electron chi connectivity index (χ3n) is 5.45. The fourth-order valence-corrected chi connectivity index (χ4v) is 5.22. The van der Waals surface area contributed by atoms with E-state index in [0.717, 1.165) is 30.5 Å². The van der Waals surface area contributed by atoms with Crippen LogP contribution in [0.15, 0.2) is 4.99 Å². The van der Waals surface area contributed by atoms with Gasteiger partial charge in [-0.2, -0.15) is 0 Å². The number of aliphatic imine (C=N–C) groups is 1. The zero-order chi connectivity index (χ0) is 17.5. The number of rotatable bonds is 4. The average Bonchev–Trinajstić information content (AvgIpc) is 3.12. The molecule has 0 aromatic carbocycles. The molecule has 1 saturated carbocycles. The number of thiazole rings is 1. The lowest BCUT2D eigenvalue weighted by molar-refractivity contribution is -0.106. The van der Waals surface area contributed by atoms with Crippen molar-refractivity contribution in [3.63, 3.8) is 0 Å². The Bertz CT molecular complexity index is 623. The van der Waals surface area contributed by atoms with Gasteiger partial charge in [0.2, 0.25) is 0 Å². The molecule has 0 spiro atoms. The van der Waals surface area contributed by atoms with E-state index in [0.29, 0.717) is 24.0 Å². The van der Waals surface area contributed by atoms with Gasteiger partial charge in [0, 0.05) is 35.9 Å². The lowest BCUT2D eigenvalue weighted by Crippen LogP contribution is -2.67. The van der Waals surface area contributed by atoms with E-state index in [1.165, 1.54) is 10.6 Å². The molecule has 134 valence electrons. The topological polar surface area (TPSA) is 58.5 Å². The van der Waals surface area contributed by atoms with Crippen LogP contribution >= 0.6 is 11.3 Å². The lowest BCUT2D eigenvalue weighted by Gasteiger charge is -2.54. The minimum absolute atomic E-state index is 0.154. The van der Waals surface area contributed by atoms with Crippen molar-refractivity contribution in [1.82, 2.24) is 15.6 Å². The molecule has 2 aliphatic rings. The number of nitrogens with one attached hydrogen (secondary N) is 2. The highest BCUT2D eigenvalue weighted by Gasteiger charge is 2.59. The Morgan fingerprint density at radius 3 is 2.83 bits per heavy atom. The van der Waals surface area contributed by atoms with Crippen LogP contribution < -0.4 is 10.6 Å². The number of aryl methyl sites for hydroxylation is 1. The van der Waals surface area contributed by atoms with Crippen LogP contribution in [-0.2, 0) is 11.3 Å². The molecule has 1 aromatic rings. The molecule has 3 rings (SSSR count). The van der Waals surface area contributed by atoms with Crippen LogP contribution in [0.4, 0.5) is 0 Å². The molecule has 6 heteroatoms. The number of hydrogen-bond acceptors (Lipinski definition) is 4. The van der Waals surface area contributed by atoms with Crippen LogP contribution in [-0.4, -0.2) is 36.7 Å². The number of guanidine groups is 1. The first-order chi connectivity index (χ1) is 11.3. The zero-order valence-corrected chi connectivity index (χ0v) is 16.5. The first kappa shape index (κ1) is 17.7. The third kappa shape index (κ3) is 3.06. The molecule has 2 heterocycles.